The first-order valence-electron chi connectivity index (χ1n) is 5.09. The minimum atomic E-state index is 0.414. The van der Waals surface area contributed by atoms with Crippen molar-refractivity contribution in [3.8, 4) is 0 Å². The summed E-state index contributed by atoms with van der Waals surface area (Å²) in [6.07, 6.45) is 0. The third-order valence-corrected chi connectivity index (χ3v) is 2.70. The van der Waals surface area contributed by atoms with Gasteiger partial charge in [0, 0.05) is 13.1 Å². The summed E-state index contributed by atoms with van der Waals surface area (Å²) in [7, 11) is 0. The van der Waals surface area contributed by atoms with Crippen LogP contribution in [0.3, 0.4) is 0 Å². The summed E-state index contributed by atoms with van der Waals surface area (Å²) in [6.45, 7) is 2.99. The molecule has 84 valence electrons. The number of fused-ring (bicyclic) bond motifs is 1. The van der Waals surface area contributed by atoms with E-state index in [1.54, 1.807) is 12.1 Å². The summed E-state index contributed by atoms with van der Waals surface area (Å²) < 4.78 is 10.8. The van der Waals surface area contributed by atoms with Crippen molar-refractivity contribution in [2.45, 2.75) is 0 Å². The molecule has 0 amide bonds. The van der Waals surface area contributed by atoms with E-state index in [9.17, 15) is 0 Å². The molecule has 1 saturated heterocycles. The molecule has 5 nitrogen and oxygen atoms in total. The van der Waals surface area contributed by atoms with Gasteiger partial charge in [0.1, 0.15) is 10.7 Å². The van der Waals surface area contributed by atoms with Crippen molar-refractivity contribution >= 4 is 28.8 Å². The van der Waals surface area contributed by atoms with Gasteiger partial charge >= 0.3 is 0 Å². The largest absolute Gasteiger partial charge is 0.404 e. The number of pyridine rings is 1. The molecule has 0 bridgehead atoms. The van der Waals surface area contributed by atoms with Crippen molar-refractivity contribution in [3.05, 3.63) is 17.3 Å². The van der Waals surface area contributed by atoms with Gasteiger partial charge in [-0.25, -0.2) is 0 Å². The third kappa shape index (κ3) is 1.72. The maximum Gasteiger partial charge on any atom is 0.299 e. The van der Waals surface area contributed by atoms with Crippen molar-refractivity contribution in [1.82, 2.24) is 9.97 Å². The van der Waals surface area contributed by atoms with Crippen molar-refractivity contribution in [2.24, 2.45) is 0 Å². The van der Waals surface area contributed by atoms with Crippen LogP contribution < -0.4 is 4.90 Å². The number of halogens is 1. The fraction of sp³-hybridized carbons (Fsp3) is 0.400. The Morgan fingerprint density at radius 2 is 2.00 bits per heavy atom. The first-order chi connectivity index (χ1) is 7.83. The lowest BCUT2D eigenvalue weighted by Gasteiger charge is -2.24. The highest BCUT2D eigenvalue weighted by atomic mass is 35.5. The molecule has 0 aliphatic carbocycles. The van der Waals surface area contributed by atoms with E-state index in [0.717, 1.165) is 18.6 Å². The topological polar surface area (TPSA) is 51.4 Å². The van der Waals surface area contributed by atoms with Gasteiger partial charge < -0.3 is 14.1 Å². The van der Waals surface area contributed by atoms with E-state index in [2.05, 4.69) is 9.97 Å². The molecule has 0 N–H and O–H groups in total. The van der Waals surface area contributed by atoms with Crippen molar-refractivity contribution in [2.75, 3.05) is 31.2 Å². The van der Waals surface area contributed by atoms with E-state index in [0.29, 0.717) is 30.1 Å². The van der Waals surface area contributed by atoms with Crippen LogP contribution in [0.1, 0.15) is 0 Å². The average Bonchev–Trinajstić information content (AvgIpc) is 2.73. The maximum absolute atomic E-state index is 5.78. The zero-order valence-electron chi connectivity index (χ0n) is 8.52. The van der Waals surface area contributed by atoms with E-state index in [1.165, 1.54) is 0 Å². The standard InChI is InChI=1S/C10H10ClN3O2/c11-8-2-1-7-9(13-8)16-10(12-7)14-3-5-15-6-4-14/h1-2H,3-6H2. The molecular weight excluding hydrogens is 230 g/mol. The Morgan fingerprint density at radius 3 is 2.81 bits per heavy atom. The van der Waals surface area contributed by atoms with Crippen LogP contribution in [0, 0.1) is 0 Å². The number of rotatable bonds is 1. The Hall–Kier alpha value is -1.33. The zero-order valence-corrected chi connectivity index (χ0v) is 9.28. The van der Waals surface area contributed by atoms with E-state index in [-0.39, 0.29) is 0 Å². The summed E-state index contributed by atoms with van der Waals surface area (Å²) in [5.74, 6) is 0. The van der Waals surface area contributed by atoms with Gasteiger partial charge in [-0.05, 0) is 12.1 Å². The SMILES string of the molecule is Clc1ccc2nc(N3CCOCC3)oc2n1. The quantitative estimate of drug-likeness (QED) is 0.709. The van der Waals surface area contributed by atoms with Gasteiger partial charge in [-0.2, -0.15) is 9.97 Å². The van der Waals surface area contributed by atoms with Gasteiger partial charge in [-0.1, -0.05) is 11.6 Å². The van der Waals surface area contributed by atoms with Gasteiger partial charge in [0.25, 0.3) is 6.01 Å². The molecule has 0 saturated carbocycles. The van der Waals surface area contributed by atoms with Gasteiger partial charge in [-0.3, -0.25) is 0 Å². The molecule has 16 heavy (non-hydrogen) atoms. The molecule has 1 fully saturated rings. The Labute approximate surface area is 97.0 Å². The van der Waals surface area contributed by atoms with Crippen molar-refractivity contribution < 1.29 is 9.15 Å². The molecular formula is C10H10ClN3O2. The molecule has 6 heteroatoms. The van der Waals surface area contributed by atoms with Gasteiger partial charge in [0.2, 0.25) is 5.71 Å². The summed E-state index contributed by atoms with van der Waals surface area (Å²) in [4.78, 5) is 10.5. The molecule has 0 unspecified atom stereocenters. The lowest BCUT2D eigenvalue weighted by molar-refractivity contribution is 0.120. The lowest BCUT2D eigenvalue weighted by atomic mass is 10.4. The van der Waals surface area contributed by atoms with Gasteiger partial charge in [0.05, 0.1) is 13.2 Å². The van der Waals surface area contributed by atoms with E-state index in [4.69, 9.17) is 20.8 Å². The molecule has 0 atom stereocenters. The van der Waals surface area contributed by atoms with Crippen LogP contribution in [0.5, 0.6) is 0 Å². The minimum Gasteiger partial charge on any atom is -0.404 e. The number of hydrogen-bond acceptors (Lipinski definition) is 5. The fourth-order valence-corrected chi connectivity index (χ4v) is 1.81. The Bertz CT molecular complexity index is 508. The highest BCUT2D eigenvalue weighted by molar-refractivity contribution is 6.29. The second kappa shape index (κ2) is 3.92. The monoisotopic (exact) mass is 239 g/mol. The first-order valence-corrected chi connectivity index (χ1v) is 5.46. The van der Waals surface area contributed by atoms with E-state index < -0.39 is 0 Å². The number of oxazole rings is 1. The number of aromatic nitrogens is 2. The van der Waals surface area contributed by atoms with Gasteiger partial charge in [0.15, 0.2) is 0 Å². The minimum absolute atomic E-state index is 0.414. The van der Waals surface area contributed by atoms with Crippen LogP contribution in [0.2, 0.25) is 5.15 Å². The number of ether oxygens (including phenoxy) is 1. The molecule has 0 aromatic carbocycles. The van der Waals surface area contributed by atoms with Crippen LogP contribution >= 0.6 is 11.6 Å². The summed E-state index contributed by atoms with van der Waals surface area (Å²) in [5, 5.41) is 0.414. The summed E-state index contributed by atoms with van der Waals surface area (Å²) >= 11 is 5.78. The first kappa shape index (κ1) is 9.86. The zero-order chi connectivity index (χ0) is 11.0. The molecule has 1 aliphatic heterocycles. The normalized spacial score (nSPS) is 16.9. The van der Waals surface area contributed by atoms with Crippen LogP contribution in [-0.4, -0.2) is 36.3 Å². The molecule has 3 rings (SSSR count). The molecule has 0 spiro atoms. The Kier molecular flexibility index (Phi) is 2.41. The van der Waals surface area contributed by atoms with Crippen molar-refractivity contribution in [1.29, 1.82) is 0 Å². The lowest BCUT2D eigenvalue weighted by Crippen LogP contribution is -2.36. The Morgan fingerprint density at radius 1 is 1.19 bits per heavy atom. The fourth-order valence-electron chi connectivity index (χ4n) is 1.67. The van der Waals surface area contributed by atoms with Crippen LogP contribution in [0.4, 0.5) is 6.01 Å². The molecule has 2 aromatic rings. The number of nitrogens with zero attached hydrogens (tertiary/aromatic N) is 3. The second-order valence-electron chi connectivity index (χ2n) is 3.55. The van der Waals surface area contributed by atoms with Crippen LogP contribution in [-0.2, 0) is 4.74 Å². The highest BCUT2D eigenvalue weighted by Crippen LogP contribution is 2.22. The number of anilines is 1. The predicted octanol–water partition coefficient (Wildman–Crippen LogP) is 1.71. The predicted molar refractivity (Wildman–Crippen MR) is 59.8 cm³/mol. The Balaban J connectivity index is 1.97. The molecule has 2 aromatic heterocycles. The second-order valence-corrected chi connectivity index (χ2v) is 3.94. The summed E-state index contributed by atoms with van der Waals surface area (Å²) in [5.41, 5.74) is 1.21. The average molecular weight is 240 g/mol. The number of morpholine rings is 1. The molecule has 1 aliphatic rings. The van der Waals surface area contributed by atoms with Crippen molar-refractivity contribution in [3.63, 3.8) is 0 Å². The maximum atomic E-state index is 5.78. The molecule has 0 radical (unpaired) electrons. The molecule has 3 heterocycles. The van der Waals surface area contributed by atoms with E-state index in [1.807, 2.05) is 4.90 Å². The number of hydrogen-bond donors (Lipinski definition) is 0. The smallest absolute Gasteiger partial charge is 0.299 e. The van der Waals surface area contributed by atoms with Crippen LogP contribution in [0.25, 0.3) is 11.2 Å². The highest BCUT2D eigenvalue weighted by Gasteiger charge is 2.17. The van der Waals surface area contributed by atoms with E-state index >= 15 is 0 Å². The summed E-state index contributed by atoms with van der Waals surface area (Å²) in [6, 6.07) is 4.10. The van der Waals surface area contributed by atoms with Gasteiger partial charge in [-0.15, -0.1) is 0 Å². The van der Waals surface area contributed by atoms with Crippen LogP contribution in [0.15, 0.2) is 16.5 Å². The third-order valence-electron chi connectivity index (χ3n) is 2.49.